The van der Waals surface area contributed by atoms with Gasteiger partial charge in [-0.25, -0.2) is 4.79 Å². The van der Waals surface area contributed by atoms with Crippen molar-refractivity contribution in [1.82, 2.24) is 4.90 Å². The standard InChI is InChI=1S/C14H26N2O4/c1-8(2)6-11(15)13(18)16(10(5)17)12(14(19)20)7-9(3)4/h8-9,11-12H,6-7,15H2,1-5H3,(H,19,20). The lowest BCUT2D eigenvalue weighted by molar-refractivity contribution is -0.158. The number of amides is 2. The van der Waals surface area contributed by atoms with Crippen LogP contribution in [-0.4, -0.2) is 39.9 Å². The molecule has 6 heteroatoms. The number of hydrogen-bond acceptors (Lipinski definition) is 4. The Labute approximate surface area is 120 Å². The zero-order chi connectivity index (χ0) is 16.0. The van der Waals surface area contributed by atoms with Gasteiger partial charge in [0.25, 0.3) is 0 Å². The molecule has 2 atom stereocenters. The summed E-state index contributed by atoms with van der Waals surface area (Å²) in [4.78, 5) is 36.1. The molecule has 20 heavy (non-hydrogen) atoms. The average molecular weight is 286 g/mol. The van der Waals surface area contributed by atoms with Gasteiger partial charge in [0.05, 0.1) is 6.04 Å². The van der Waals surface area contributed by atoms with E-state index >= 15 is 0 Å². The summed E-state index contributed by atoms with van der Waals surface area (Å²) in [5.41, 5.74) is 5.79. The van der Waals surface area contributed by atoms with Crippen LogP contribution in [0.4, 0.5) is 0 Å². The van der Waals surface area contributed by atoms with E-state index in [4.69, 9.17) is 5.73 Å². The van der Waals surface area contributed by atoms with Gasteiger partial charge in [0.2, 0.25) is 11.8 Å². The molecular formula is C14H26N2O4. The lowest BCUT2D eigenvalue weighted by Gasteiger charge is -2.29. The van der Waals surface area contributed by atoms with E-state index in [1.165, 1.54) is 6.92 Å². The summed E-state index contributed by atoms with van der Waals surface area (Å²) in [6, 6.07) is -2.01. The number of hydrogen-bond donors (Lipinski definition) is 2. The van der Waals surface area contributed by atoms with Gasteiger partial charge in [0.1, 0.15) is 6.04 Å². The van der Waals surface area contributed by atoms with Crippen LogP contribution in [0.25, 0.3) is 0 Å². The smallest absolute Gasteiger partial charge is 0.326 e. The first-order valence-electron chi connectivity index (χ1n) is 6.89. The monoisotopic (exact) mass is 286 g/mol. The lowest BCUT2D eigenvalue weighted by atomic mass is 9.99. The van der Waals surface area contributed by atoms with Gasteiger partial charge < -0.3 is 10.8 Å². The topological polar surface area (TPSA) is 101 Å². The van der Waals surface area contributed by atoms with E-state index in [9.17, 15) is 19.5 Å². The molecule has 0 heterocycles. The number of aliphatic carboxylic acids is 1. The van der Waals surface area contributed by atoms with Crippen LogP contribution in [0.5, 0.6) is 0 Å². The van der Waals surface area contributed by atoms with Crippen LogP contribution in [0.2, 0.25) is 0 Å². The molecule has 0 aliphatic rings. The highest BCUT2D eigenvalue weighted by Gasteiger charge is 2.35. The number of nitrogens with zero attached hydrogens (tertiary/aromatic N) is 1. The first-order chi connectivity index (χ1) is 9.07. The first kappa shape index (κ1) is 18.6. The summed E-state index contributed by atoms with van der Waals surface area (Å²) >= 11 is 0. The van der Waals surface area contributed by atoms with E-state index < -0.39 is 29.9 Å². The normalized spacial score (nSPS) is 14.2. The molecular weight excluding hydrogens is 260 g/mol. The Morgan fingerprint density at radius 1 is 1.05 bits per heavy atom. The molecule has 116 valence electrons. The second kappa shape index (κ2) is 7.99. The summed E-state index contributed by atoms with van der Waals surface area (Å²) in [5, 5.41) is 9.27. The molecule has 0 saturated carbocycles. The van der Waals surface area contributed by atoms with Gasteiger partial charge in [-0.3, -0.25) is 14.5 Å². The molecule has 0 aromatic rings. The van der Waals surface area contributed by atoms with Crippen molar-refractivity contribution in [3.63, 3.8) is 0 Å². The molecule has 6 nitrogen and oxygen atoms in total. The minimum atomic E-state index is -1.18. The van der Waals surface area contributed by atoms with Crippen LogP contribution < -0.4 is 5.73 Å². The van der Waals surface area contributed by atoms with E-state index in [2.05, 4.69) is 0 Å². The van der Waals surface area contributed by atoms with Crippen LogP contribution in [0.15, 0.2) is 0 Å². The molecule has 0 aliphatic heterocycles. The number of imide groups is 1. The Morgan fingerprint density at radius 2 is 1.50 bits per heavy atom. The number of carbonyl (C=O) groups is 3. The number of carboxylic acids is 1. The molecule has 2 amide bonds. The molecule has 0 rings (SSSR count). The highest BCUT2D eigenvalue weighted by atomic mass is 16.4. The number of carboxylic acid groups (broad SMARTS) is 1. The largest absolute Gasteiger partial charge is 0.480 e. The number of carbonyl (C=O) groups excluding carboxylic acids is 2. The fraction of sp³-hybridized carbons (Fsp3) is 0.786. The van der Waals surface area contributed by atoms with Crippen molar-refractivity contribution in [2.75, 3.05) is 0 Å². The van der Waals surface area contributed by atoms with E-state index in [-0.39, 0.29) is 18.3 Å². The van der Waals surface area contributed by atoms with Gasteiger partial charge in [0.15, 0.2) is 0 Å². The van der Waals surface area contributed by atoms with Gasteiger partial charge >= 0.3 is 5.97 Å². The highest BCUT2D eigenvalue weighted by molar-refractivity contribution is 6.00. The number of nitrogens with two attached hydrogens (primary N) is 1. The van der Waals surface area contributed by atoms with Crippen LogP contribution in [0.1, 0.15) is 47.5 Å². The molecule has 0 spiro atoms. The van der Waals surface area contributed by atoms with E-state index in [1.54, 1.807) is 0 Å². The molecule has 3 N–H and O–H groups in total. The van der Waals surface area contributed by atoms with E-state index in [0.29, 0.717) is 6.42 Å². The summed E-state index contributed by atoms with van der Waals surface area (Å²) in [6.07, 6.45) is 0.631. The van der Waals surface area contributed by atoms with Gasteiger partial charge in [-0.05, 0) is 24.7 Å². The molecule has 0 saturated heterocycles. The summed E-state index contributed by atoms with van der Waals surface area (Å²) in [5.74, 6) is -2.14. The number of rotatable bonds is 7. The molecule has 0 aliphatic carbocycles. The third-order valence-electron chi connectivity index (χ3n) is 2.91. The predicted molar refractivity (Wildman–Crippen MR) is 75.8 cm³/mol. The van der Waals surface area contributed by atoms with Crippen LogP contribution in [0, 0.1) is 11.8 Å². The Hall–Kier alpha value is -1.43. The van der Waals surface area contributed by atoms with Gasteiger partial charge in [-0.2, -0.15) is 0 Å². The maximum absolute atomic E-state index is 12.3. The Morgan fingerprint density at radius 3 is 1.80 bits per heavy atom. The SMILES string of the molecule is CC(=O)N(C(=O)C(N)CC(C)C)C(CC(C)C)C(=O)O. The molecule has 0 aromatic heterocycles. The van der Waals surface area contributed by atoms with Crippen LogP contribution in [0.3, 0.4) is 0 Å². The van der Waals surface area contributed by atoms with Crippen molar-refractivity contribution in [1.29, 1.82) is 0 Å². The van der Waals surface area contributed by atoms with Crippen molar-refractivity contribution >= 4 is 17.8 Å². The fourth-order valence-electron chi connectivity index (χ4n) is 2.08. The lowest BCUT2D eigenvalue weighted by Crippen LogP contribution is -2.54. The Bertz CT molecular complexity index is 366. The second-order valence-corrected chi connectivity index (χ2v) is 5.95. The quantitative estimate of drug-likeness (QED) is 0.733. The van der Waals surface area contributed by atoms with Crippen molar-refractivity contribution in [3.05, 3.63) is 0 Å². The van der Waals surface area contributed by atoms with Crippen molar-refractivity contribution in [2.24, 2.45) is 17.6 Å². The predicted octanol–water partition coefficient (Wildman–Crippen LogP) is 1.23. The summed E-state index contributed by atoms with van der Waals surface area (Å²) in [6.45, 7) is 8.69. The highest BCUT2D eigenvalue weighted by Crippen LogP contribution is 2.15. The molecule has 0 aromatic carbocycles. The first-order valence-corrected chi connectivity index (χ1v) is 6.89. The third-order valence-corrected chi connectivity index (χ3v) is 2.91. The second-order valence-electron chi connectivity index (χ2n) is 5.95. The zero-order valence-electron chi connectivity index (χ0n) is 12.9. The molecule has 0 fully saturated rings. The van der Waals surface area contributed by atoms with E-state index in [0.717, 1.165) is 4.90 Å². The maximum Gasteiger partial charge on any atom is 0.326 e. The maximum atomic E-state index is 12.3. The average Bonchev–Trinajstić information content (AvgIpc) is 2.25. The molecule has 2 unspecified atom stereocenters. The van der Waals surface area contributed by atoms with Crippen molar-refractivity contribution < 1.29 is 19.5 Å². The van der Waals surface area contributed by atoms with E-state index in [1.807, 2.05) is 27.7 Å². The molecule has 0 bridgehead atoms. The Balaban J connectivity index is 5.23. The van der Waals surface area contributed by atoms with Crippen molar-refractivity contribution in [3.8, 4) is 0 Å². The zero-order valence-corrected chi connectivity index (χ0v) is 12.9. The minimum absolute atomic E-state index is 0.0482. The van der Waals surface area contributed by atoms with Gasteiger partial charge in [0, 0.05) is 6.92 Å². The van der Waals surface area contributed by atoms with Crippen LogP contribution >= 0.6 is 0 Å². The Kier molecular flexibility index (Phi) is 7.42. The van der Waals surface area contributed by atoms with Crippen LogP contribution in [-0.2, 0) is 14.4 Å². The van der Waals surface area contributed by atoms with Crippen molar-refractivity contribution in [2.45, 2.75) is 59.5 Å². The third kappa shape index (κ3) is 5.69. The summed E-state index contributed by atoms with van der Waals surface area (Å²) in [7, 11) is 0. The minimum Gasteiger partial charge on any atom is -0.480 e. The summed E-state index contributed by atoms with van der Waals surface area (Å²) < 4.78 is 0. The fourth-order valence-corrected chi connectivity index (χ4v) is 2.08. The van der Waals surface area contributed by atoms with Gasteiger partial charge in [-0.15, -0.1) is 0 Å². The molecule has 0 radical (unpaired) electrons. The van der Waals surface area contributed by atoms with Gasteiger partial charge in [-0.1, -0.05) is 27.7 Å².